The van der Waals surface area contributed by atoms with Crippen molar-refractivity contribution in [2.45, 2.75) is 103 Å². The van der Waals surface area contributed by atoms with Crippen LogP contribution < -0.4 is 16.0 Å². The molecule has 2 aliphatic rings. The van der Waals surface area contributed by atoms with Crippen molar-refractivity contribution < 1.29 is 33.5 Å². The van der Waals surface area contributed by atoms with Gasteiger partial charge in [-0.1, -0.05) is 82.9 Å². The van der Waals surface area contributed by atoms with E-state index >= 15 is 0 Å². The van der Waals surface area contributed by atoms with E-state index in [1.54, 1.807) is 30.3 Å². The minimum Gasteiger partial charge on any atom is -0.447 e. The lowest BCUT2D eigenvalue weighted by Gasteiger charge is -2.36. The summed E-state index contributed by atoms with van der Waals surface area (Å²) in [6, 6.07) is 5.76. The topological polar surface area (TPSA) is 151 Å². The van der Waals surface area contributed by atoms with Crippen molar-refractivity contribution in [1.82, 2.24) is 20.9 Å². The number of ether oxygens (including phenoxy) is 1. The number of carbonyl (C=O) groups is 6. The van der Waals surface area contributed by atoms with Crippen LogP contribution >= 0.6 is 0 Å². The predicted octanol–water partition coefficient (Wildman–Crippen LogP) is 3.39. The number of likely N-dealkylation sites (tertiary alicyclic amines) is 1. The first-order valence-electron chi connectivity index (χ1n) is 16.6. The van der Waals surface area contributed by atoms with Crippen LogP contribution in [0.15, 0.2) is 43.0 Å². The van der Waals surface area contributed by atoms with Gasteiger partial charge in [0, 0.05) is 25.6 Å². The predicted molar refractivity (Wildman–Crippen MR) is 173 cm³/mol. The zero-order valence-electron chi connectivity index (χ0n) is 27.6. The maximum atomic E-state index is 14.5. The van der Waals surface area contributed by atoms with E-state index in [0.29, 0.717) is 24.9 Å². The first-order valence-corrected chi connectivity index (χ1v) is 16.6. The molecule has 0 spiro atoms. The van der Waals surface area contributed by atoms with Crippen LogP contribution in [0.3, 0.4) is 0 Å². The molecule has 1 saturated carbocycles. The van der Waals surface area contributed by atoms with E-state index in [9.17, 15) is 28.8 Å². The molecule has 4 amide bonds. The molecule has 1 aliphatic heterocycles. The molecule has 11 heteroatoms. The van der Waals surface area contributed by atoms with Crippen LogP contribution in [0.2, 0.25) is 0 Å². The number of rotatable bonds is 15. The fourth-order valence-electron chi connectivity index (χ4n) is 6.65. The highest BCUT2D eigenvalue weighted by molar-refractivity contribution is 6.38. The fourth-order valence-corrected chi connectivity index (χ4v) is 6.65. The van der Waals surface area contributed by atoms with Crippen LogP contribution in [0.4, 0.5) is 0 Å². The van der Waals surface area contributed by atoms with Crippen molar-refractivity contribution >= 4 is 35.4 Å². The maximum absolute atomic E-state index is 14.5. The molecule has 1 heterocycles. The normalized spacial score (nSPS) is 20.2. The zero-order chi connectivity index (χ0) is 33.8. The van der Waals surface area contributed by atoms with Crippen LogP contribution in [0, 0.1) is 17.8 Å². The quantitative estimate of drug-likeness (QED) is 0.151. The number of esters is 1. The molecule has 11 nitrogen and oxygen atoms in total. The van der Waals surface area contributed by atoms with Crippen molar-refractivity contribution in [3.63, 3.8) is 0 Å². The number of ketones is 1. The summed E-state index contributed by atoms with van der Waals surface area (Å²) in [6.07, 6.45) is 5.89. The monoisotopic (exact) mass is 638 g/mol. The Bertz CT molecular complexity index is 1240. The number of amides is 4. The van der Waals surface area contributed by atoms with Gasteiger partial charge in [0.2, 0.25) is 23.7 Å². The summed E-state index contributed by atoms with van der Waals surface area (Å²) >= 11 is 0. The Morgan fingerprint density at radius 2 is 1.67 bits per heavy atom. The third-order valence-corrected chi connectivity index (χ3v) is 9.00. The first-order chi connectivity index (χ1) is 22.0. The van der Waals surface area contributed by atoms with Crippen molar-refractivity contribution in [3.05, 3.63) is 48.6 Å². The molecular weight excluding hydrogens is 588 g/mol. The van der Waals surface area contributed by atoms with Gasteiger partial charge >= 0.3 is 5.97 Å². The maximum Gasteiger partial charge on any atom is 0.303 e. The molecule has 5 atom stereocenters. The third-order valence-electron chi connectivity index (χ3n) is 9.00. The van der Waals surface area contributed by atoms with E-state index in [4.69, 9.17) is 4.74 Å². The Morgan fingerprint density at radius 3 is 2.26 bits per heavy atom. The van der Waals surface area contributed by atoms with Gasteiger partial charge in [0.25, 0.3) is 11.8 Å². The van der Waals surface area contributed by atoms with E-state index in [1.165, 1.54) is 17.9 Å². The van der Waals surface area contributed by atoms with Crippen molar-refractivity contribution in [3.8, 4) is 0 Å². The van der Waals surface area contributed by atoms with Gasteiger partial charge in [0.1, 0.15) is 12.1 Å². The van der Waals surface area contributed by atoms with Crippen LogP contribution in [0.25, 0.3) is 0 Å². The smallest absolute Gasteiger partial charge is 0.303 e. The van der Waals surface area contributed by atoms with Crippen molar-refractivity contribution in [1.29, 1.82) is 0 Å². The first kappa shape index (κ1) is 36.4. The standard InChI is InChI=1S/C35H50N4O7/c1-6-14-27(30(41)33(43)36-20-7-2)37-32(42)29-26(22(3)4)19-21-39(29)35(45)28(24-15-10-8-11-16-24)38-34(44)31(46-23(5)40)25-17-12-9-13-18-25/h7,9,12-13,17-18,22,24,26-29,31H,2,6,8,10-11,14-16,19-21H2,1,3-5H3,(H,36,43)(H,37,42)(H,38,44)/t26-,27?,28+,29+,31+/m1/s1. The minimum absolute atomic E-state index is 0.0407. The van der Waals surface area contributed by atoms with E-state index in [0.717, 1.165) is 32.1 Å². The number of nitrogens with zero attached hydrogens (tertiary/aromatic N) is 1. The molecule has 2 fully saturated rings. The molecule has 1 saturated heterocycles. The van der Waals surface area contributed by atoms with Crippen molar-refractivity contribution in [2.75, 3.05) is 13.1 Å². The summed E-state index contributed by atoms with van der Waals surface area (Å²) in [7, 11) is 0. The second-order valence-corrected chi connectivity index (χ2v) is 12.7. The van der Waals surface area contributed by atoms with Crippen LogP contribution in [-0.2, 0) is 33.5 Å². The number of hydrogen-bond donors (Lipinski definition) is 3. The fraction of sp³-hybridized carbons (Fsp3) is 0.600. The molecule has 0 bridgehead atoms. The summed E-state index contributed by atoms with van der Waals surface area (Å²) in [4.78, 5) is 81.2. The zero-order valence-corrected chi connectivity index (χ0v) is 27.6. The van der Waals surface area contributed by atoms with Gasteiger partial charge in [0.05, 0.1) is 6.04 Å². The average molecular weight is 639 g/mol. The molecule has 1 aromatic rings. The molecule has 46 heavy (non-hydrogen) atoms. The minimum atomic E-state index is -1.24. The van der Waals surface area contributed by atoms with Crippen LogP contribution in [0.5, 0.6) is 0 Å². The summed E-state index contributed by atoms with van der Waals surface area (Å²) in [5, 5.41) is 8.20. The van der Waals surface area contributed by atoms with Gasteiger partial charge in [-0.05, 0) is 43.4 Å². The summed E-state index contributed by atoms with van der Waals surface area (Å²) in [6.45, 7) is 11.0. The van der Waals surface area contributed by atoms with Gasteiger partial charge in [-0.3, -0.25) is 28.8 Å². The molecule has 1 aliphatic carbocycles. The second-order valence-electron chi connectivity index (χ2n) is 12.7. The van der Waals surface area contributed by atoms with Crippen LogP contribution in [-0.4, -0.2) is 71.5 Å². The number of hydrogen-bond acceptors (Lipinski definition) is 7. The Kier molecular flexibility index (Phi) is 14.0. The van der Waals surface area contributed by atoms with E-state index in [1.807, 2.05) is 20.8 Å². The molecule has 1 aromatic carbocycles. The van der Waals surface area contributed by atoms with Crippen molar-refractivity contribution in [2.24, 2.45) is 17.8 Å². The third kappa shape index (κ3) is 9.50. The highest BCUT2D eigenvalue weighted by Gasteiger charge is 2.47. The highest BCUT2D eigenvalue weighted by Crippen LogP contribution is 2.34. The summed E-state index contributed by atoms with van der Waals surface area (Å²) in [5.74, 6) is -3.98. The number of carbonyl (C=O) groups excluding carboxylic acids is 6. The van der Waals surface area contributed by atoms with Gasteiger partial charge in [-0.2, -0.15) is 0 Å². The molecule has 3 rings (SSSR count). The molecule has 0 aromatic heterocycles. The van der Waals surface area contributed by atoms with Gasteiger partial charge in [-0.25, -0.2) is 0 Å². The Morgan fingerprint density at radius 1 is 1.00 bits per heavy atom. The van der Waals surface area contributed by atoms with E-state index in [-0.39, 0.29) is 36.6 Å². The molecular formula is C35H50N4O7. The molecule has 1 unspecified atom stereocenters. The summed E-state index contributed by atoms with van der Waals surface area (Å²) in [5.41, 5.74) is 0.479. The SMILES string of the molecule is C=CCNC(=O)C(=O)C(CCC)NC(=O)[C@@H]1[C@@H](C(C)C)CCN1C(=O)[C@@H](NC(=O)[C@@H](OC(C)=O)c1ccccc1)C1CCCCC1. The lowest BCUT2D eigenvalue weighted by Crippen LogP contribution is -2.59. The number of nitrogens with one attached hydrogen (secondary N) is 3. The van der Waals surface area contributed by atoms with E-state index < -0.39 is 53.7 Å². The van der Waals surface area contributed by atoms with E-state index in [2.05, 4.69) is 22.5 Å². The largest absolute Gasteiger partial charge is 0.447 e. The highest BCUT2D eigenvalue weighted by atomic mass is 16.5. The van der Waals surface area contributed by atoms with Gasteiger partial charge < -0.3 is 25.6 Å². The number of Topliss-reactive ketones (excluding diaryl/α,β-unsaturated/α-hetero) is 1. The Labute approximate surface area is 272 Å². The average Bonchev–Trinajstić information content (AvgIpc) is 3.51. The lowest BCUT2D eigenvalue weighted by atomic mass is 9.82. The molecule has 0 radical (unpaired) electrons. The summed E-state index contributed by atoms with van der Waals surface area (Å²) < 4.78 is 5.42. The molecule has 252 valence electrons. The van der Waals surface area contributed by atoms with Crippen LogP contribution in [0.1, 0.15) is 90.7 Å². The Hall–Kier alpha value is -4.02. The van der Waals surface area contributed by atoms with Gasteiger partial charge in [0.15, 0.2) is 0 Å². The second kappa shape index (κ2) is 17.6. The lowest BCUT2D eigenvalue weighted by molar-refractivity contribution is -0.156. The molecule has 3 N–H and O–H groups in total. The van der Waals surface area contributed by atoms with Gasteiger partial charge in [-0.15, -0.1) is 6.58 Å². The number of benzene rings is 1. The Balaban J connectivity index is 1.91.